The molecule has 7 nitrogen and oxygen atoms in total. The third kappa shape index (κ3) is 4.10. The third-order valence-electron chi connectivity index (χ3n) is 4.92. The van der Waals surface area contributed by atoms with Crippen molar-refractivity contribution in [3.05, 3.63) is 24.0 Å². The topological polar surface area (TPSA) is 96.4 Å². The molecule has 7 heteroatoms. The smallest absolute Gasteiger partial charge is 0.230 e. The summed E-state index contributed by atoms with van der Waals surface area (Å²) in [7, 11) is 0. The number of hydrogen-bond donors (Lipinski definition) is 1. The number of nitrogens with zero attached hydrogens (tertiary/aromatic N) is 2. The lowest BCUT2D eigenvalue weighted by Gasteiger charge is -2.31. The Bertz CT molecular complexity index is 678. The zero-order valence-corrected chi connectivity index (χ0v) is 13.9. The van der Waals surface area contributed by atoms with E-state index >= 15 is 0 Å². The van der Waals surface area contributed by atoms with Crippen LogP contribution < -0.4 is 10.2 Å². The van der Waals surface area contributed by atoms with E-state index in [9.17, 15) is 19.2 Å². The quantitative estimate of drug-likeness (QED) is 0.489. The summed E-state index contributed by atoms with van der Waals surface area (Å²) in [6.07, 6.45) is 5.09. The van der Waals surface area contributed by atoms with Crippen LogP contribution in [0.1, 0.15) is 42.6 Å². The Kier molecular flexibility index (Phi) is 5.21. The second-order valence-electron chi connectivity index (χ2n) is 6.64. The van der Waals surface area contributed by atoms with Gasteiger partial charge in [-0.1, -0.05) is 0 Å². The number of aromatic nitrogens is 1. The number of imide groups is 1. The number of Topliss-reactive ketones (excluding diaryl/α,β-unsaturated/α-hetero) is 1. The number of anilines is 1. The number of piperidine rings is 2. The van der Waals surface area contributed by atoms with E-state index in [0.29, 0.717) is 12.1 Å². The molecule has 2 aliphatic rings. The molecule has 0 saturated carbocycles. The summed E-state index contributed by atoms with van der Waals surface area (Å²) in [5.41, 5.74) is 1.26. The van der Waals surface area contributed by atoms with E-state index in [-0.39, 0.29) is 36.4 Å². The summed E-state index contributed by atoms with van der Waals surface area (Å²) >= 11 is 0. The van der Waals surface area contributed by atoms with Crippen LogP contribution in [0, 0.1) is 11.8 Å². The monoisotopic (exact) mass is 343 g/mol. The molecule has 25 heavy (non-hydrogen) atoms. The van der Waals surface area contributed by atoms with E-state index in [1.165, 1.54) is 0 Å². The number of rotatable bonds is 5. The number of nitrogens with one attached hydrogen (secondary N) is 1. The minimum Gasteiger partial charge on any atom is -0.370 e. The van der Waals surface area contributed by atoms with Gasteiger partial charge in [0, 0.05) is 37.8 Å². The van der Waals surface area contributed by atoms with Gasteiger partial charge in [-0.05, 0) is 31.4 Å². The van der Waals surface area contributed by atoms with Crippen LogP contribution >= 0.6 is 0 Å². The lowest BCUT2D eigenvalue weighted by molar-refractivity contribution is -0.136. The zero-order valence-electron chi connectivity index (χ0n) is 13.9. The predicted octanol–water partition coefficient (Wildman–Crippen LogP) is 1.12. The number of amides is 2. The van der Waals surface area contributed by atoms with Gasteiger partial charge in [0.05, 0.1) is 11.9 Å². The normalized spacial score (nSPS) is 21.8. The molecule has 0 bridgehead atoms. The fourth-order valence-electron chi connectivity index (χ4n) is 3.29. The Morgan fingerprint density at radius 1 is 1.24 bits per heavy atom. The van der Waals surface area contributed by atoms with E-state index in [1.54, 1.807) is 12.3 Å². The minimum atomic E-state index is -0.464. The summed E-state index contributed by atoms with van der Waals surface area (Å²) in [5, 5.41) is 2.26. The summed E-state index contributed by atoms with van der Waals surface area (Å²) < 4.78 is 0. The molecule has 2 aliphatic heterocycles. The molecule has 2 fully saturated rings. The Morgan fingerprint density at radius 2 is 2.00 bits per heavy atom. The molecule has 0 spiro atoms. The molecule has 0 aliphatic carbocycles. The maximum absolute atomic E-state index is 12.3. The van der Waals surface area contributed by atoms with Gasteiger partial charge in [-0.2, -0.15) is 0 Å². The molecule has 132 valence electrons. The van der Waals surface area contributed by atoms with Gasteiger partial charge >= 0.3 is 0 Å². The number of aldehydes is 1. The molecular formula is C18H21N3O4. The Labute approximate surface area is 145 Å². The molecule has 3 heterocycles. The summed E-state index contributed by atoms with van der Waals surface area (Å²) in [4.78, 5) is 52.4. The highest BCUT2D eigenvalue weighted by Crippen LogP contribution is 2.23. The molecule has 3 rings (SSSR count). The van der Waals surface area contributed by atoms with Crippen molar-refractivity contribution >= 4 is 29.6 Å². The van der Waals surface area contributed by atoms with Crippen LogP contribution in [0.15, 0.2) is 18.3 Å². The average Bonchev–Trinajstić information content (AvgIpc) is 2.64. The molecule has 1 aromatic rings. The van der Waals surface area contributed by atoms with Crippen molar-refractivity contribution in [2.24, 2.45) is 11.8 Å². The first-order valence-corrected chi connectivity index (χ1v) is 8.60. The van der Waals surface area contributed by atoms with E-state index in [2.05, 4.69) is 15.2 Å². The summed E-state index contributed by atoms with van der Waals surface area (Å²) in [5.74, 6) is -1.18. The average molecular weight is 343 g/mol. The summed E-state index contributed by atoms with van der Waals surface area (Å²) in [6.45, 7) is 1.60. The van der Waals surface area contributed by atoms with Crippen LogP contribution in [0.25, 0.3) is 0 Å². The fourth-order valence-corrected chi connectivity index (χ4v) is 3.29. The highest BCUT2D eigenvalue weighted by Gasteiger charge is 2.29. The van der Waals surface area contributed by atoms with Crippen LogP contribution in [0.2, 0.25) is 0 Å². The van der Waals surface area contributed by atoms with E-state index in [1.807, 2.05) is 6.07 Å². The van der Waals surface area contributed by atoms with Gasteiger partial charge in [0.2, 0.25) is 11.8 Å². The Morgan fingerprint density at radius 3 is 2.60 bits per heavy atom. The molecule has 2 saturated heterocycles. The molecule has 1 N–H and O–H groups in total. The van der Waals surface area contributed by atoms with Gasteiger partial charge < -0.3 is 9.69 Å². The van der Waals surface area contributed by atoms with Gasteiger partial charge in [0.1, 0.15) is 12.0 Å². The first kappa shape index (κ1) is 17.3. The standard InChI is InChI=1S/C18H21N3O4/c22-11-12-5-7-21(8-6-12)14-2-3-15(19-10-14)16(23)9-13-1-4-17(24)20-18(13)25/h2-3,10-13H,1,4-9H2,(H,20,24,25)/t13-/m0/s1. The predicted molar refractivity (Wildman–Crippen MR) is 90.1 cm³/mol. The lowest BCUT2D eigenvalue weighted by atomic mass is 9.92. The Balaban J connectivity index is 1.58. The molecule has 0 unspecified atom stereocenters. The number of hydrogen-bond acceptors (Lipinski definition) is 6. The fraction of sp³-hybridized carbons (Fsp3) is 0.500. The van der Waals surface area contributed by atoms with Gasteiger partial charge in [0.15, 0.2) is 5.78 Å². The molecule has 1 aromatic heterocycles. The second kappa shape index (κ2) is 7.55. The number of carbonyl (C=O) groups is 4. The first-order chi connectivity index (χ1) is 12.1. The molecule has 2 amide bonds. The zero-order chi connectivity index (χ0) is 17.8. The highest BCUT2D eigenvalue weighted by molar-refractivity contribution is 6.02. The van der Waals surface area contributed by atoms with E-state index < -0.39 is 5.92 Å². The molecule has 0 aromatic carbocycles. The first-order valence-electron chi connectivity index (χ1n) is 8.60. The summed E-state index contributed by atoms with van der Waals surface area (Å²) in [6, 6.07) is 3.53. The third-order valence-corrected chi connectivity index (χ3v) is 4.92. The SMILES string of the molecule is O=CC1CCN(c2ccc(C(=O)C[C@@H]3CCC(=O)NC3=O)nc2)CC1. The number of carbonyl (C=O) groups excluding carboxylic acids is 4. The van der Waals surface area contributed by atoms with Crippen LogP contribution in [0.5, 0.6) is 0 Å². The second-order valence-corrected chi connectivity index (χ2v) is 6.64. The van der Waals surface area contributed by atoms with E-state index in [0.717, 1.165) is 37.9 Å². The van der Waals surface area contributed by atoms with E-state index in [4.69, 9.17) is 0 Å². The van der Waals surface area contributed by atoms with Gasteiger partial charge in [-0.15, -0.1) is 0 Å². The highest BCUT2D eigenvalue weighted by atomic mass is 16.2. The molecular weight excluding hydrogens is 322 g/mol. The molecule has 0 radical (unpaired) electrons. The largest absolute Gasteiger partial charge is 0.370 e. The van der Waals surface area contributed by atoms with Crippen molar-refractivity contribution < 1.29 is 19.2 Å². The van der Waals surface area contributed by atoms with Crippen LogP contribution in [-0.2, 0) is 14.4 Å². The van der Waals surface area contributed by atoms with Crippen LogP contribution in [0.3, 0.4) is 0 Å². The number of ketones is 1. The maximum Gasteiger partial charge on any atom is 0.230 e. The lowest BCUT2D eigenvalue weighted by Crippen LogP contribution is -2.41. The van der Waals surface area contributed by atoms with Gasteiger partial charge in [0.25, 0.3) is 0 Å². The molecule has 1 atom stereocenters. The maximum atomic E-state index is 12.3. The van der Waals surface area contributed by atoms with Crippen molar-refractivity contribution in [2.45, 2.75) is 32.1 Å². The van der Waals surface area contributed by atoms with Crippen molar-refractivity contribution in [3.8, 4) is 0 Å². The Hall–Kier alpha value is -2.57. The van der Waals surface area contributed by atoms with Gasteiger partial charge in [-0.3, -0.25) is 24.7 Å². The van der Waals surface area contributed by atoms with Crippen molar-refractivity contribution in [1.82, 2.24) is 10.3 Å². The van der Waals surface area contributed by atoms with Crippen LogP contribution in [-0.4, -0.2) is 42.0 Å². The number of pyridine rings is 1. The van der Waals surface area contributed by atoms with Gasteiger partial charge in [-0.25, -0.2) is 0 Å². The van der Waals surface area contributed by atoms with Crippen molar-refractivity contribution in [2.75, 3.05) is 18.0 Å². The van der Waals surface area contributed by atoms with Crippen LogP contribution in [0.4, 0.5) is 5.69 Å². The van der Waals surface area contributed by atoms with Crippen molar-refractivity contribution in [3.63, 3.8) is 0 Å². The van der Waals surface area contributed by atoms with Crippen molar-refractivity contribution in [1.29, 1.82) is 0 Å². The minimum absolute atomic E-state index is 0.0657.